The number of fused-ring (bicyclic) bond motifs is 1. The lowest BCUT2D eigenvalue weighted by Gasteiger charge is -2.13. The number of rotatable bonds is 5. The van der Waals surface area contributed by atoms with E-state index in [0.29, 0.717) is 23.2 Å². The molecule has 0 saturated carbocycles. The molecule has 0 N–H and O–H groups in total. The van der Waals surface area contributed by atoms with Crippen LogP contribution in [0.5, 0.6) is 0 Å². The maximum atomic E-state index is 11.1. The quantitative estimate of drug-likeness (QED) is 0.782. The zero-order valence-electron chi connectivity index (χ0n) is 11.1. The molecule has 0 saturated heterocycles. The minimum Gasteiger partial charge on any atom is -0.303 e. The lowest BCUT2D eigenvalue weighted by atomic mass is 9.94. The smallest absolute Gasteiger partial charge is 0.151 e. The van der Waals surface area contributed by atoms with Gasteiger partial charge in [-0.1, -0.05) is 37.6 Å². The molecule has 0 radical (unpaired) electrons. The van der Waals surface area contributed by atoms with Crippen LogP contribution in [0.15, 0.2) is 24.3 Å². The van der Waals surface area contributed by atoms with Crippen molar-refractivity contribution in [3.8, 4) is 0 Å². The van der Waals surface area contributed by atoms with Crippen LogP contribution in [0.3, 0.4) is 0 Å². The molecule has 3 nitrogen and oxygen atoms in total. The predicted octanol–water partition coefficient (Wildman–Crippen LogP) is 3.69. The second kappa shape index (κ2) is 6.11. The fourth-order valence-electron chi connectivity index (χ4n) is 2.19. The molecule has 0 fully saturated rings. The van der Waals surface area contributed by atoms with Crippen molar-refractivity contribution in [3.63, 3.8) is 0 Å². The standard InChI is InChI=1S/C15H17ClN2O/c1-10(2)7-11(9-19)8-14-15(16)18-13-6-4-3-5-12(13)17-14/h3-6,9-11H,7-8H2,1-2H3. The molecule has 0 amide bonds. The molecule has 0 aliphatic carbocycles. The van der Waals surface area contributed by atoms with Crippen molar-refractivity contribution < 1.29 is 4.79 Å². The predicted molar refractivity (Wildman–Crippen MR) is 77.3 cm³/mol. The molecule has 100 valence electrons. The minimum absolute atomic E-state index is 0.0482. The summed E-state index contributed by atoms with van der Waals surface area (Å²) < 4.78 is 0. The van der Waals surface area contributed by atoms with Gasteiger partial charge in [0, 0.05) is 12.3 Å². The molecular weight excluding hydrogens is 260 g/mol. The van der Waals surface area contributed by atoms with E-state index in [2.05, 4.69) is 23.8 Å². The molecular formula is C15H17ClN2O. The second-order valence-electron chi connectivity index (χ2n) is 5.18. The zero-order valence-corrected chi connectivity index (χ0v) is 11.9. The Kier molecular flexibility index (Phi) is 4.48. The third kappa shape index (κ3) is 3.51. The Morgan fingerprint density at radius 2 is 1.84 bits per heavy atom. The molecule has 1 atom stereocenters. The van der Waals surface area contributed by atoms with Crippen LogP contribution in [0.25, 0.3) is 11.0 Å². The summed E-state index contributed by atoms with van der Waals surface area (Å²) >= 11 is 6.15. The third-order valence-corrected chi connectivity index (χ3v) is 3.32. The highest BCUT2D eigenvalue weighted by Gasteiger charge is 2.15. The summed E-state index contributed by atoms with van der Waals surface area (Å²) in [4.78, 5) is 20.0. The summed E-state index contributed by atoms with van der Waals surface area (Å²) in [5, 5.41) is 0.398. The lowest BCUT2D eigenvalue weighted by molar-refractivity contribution is -0.111. The largest absolute Gasteiger partial charge is 0.303 e. The topological polar surface area (TPSA) is 42.9 Å². The van der Waals surface area contributed by atoms with Crippen molar-refractivity contribution in [1.29, 1.82) is 0 Å². The van der Waals surface area contributed by atoms with E-state index in [1.807, 2.05) is 24.3 Å². The molecule has 1 heterocycles. The maximum Gasteiger partial charge on any atom is 0.151 e. The van der Waals surface area contributed by atoms with Gasteiger partial charge in [-0.3, -0.25) is 0 Å². The van der Waals surface area contributed by atoms with Gasteiger partial charge in [-0.25, -0.2) is 9.97 Å². The van der Waals surface area contributed by atoms with Crippen LogP contribution in [0, 0.1) is 11.8 Å². The van der Waals surface area contributed by atoms with E-state index in [-0.39, 0.29) is 5.92 Å². The Balaban J connectivity index is 2.28. The first kappa shape index (κ1) is 13.9. The third-order valence-electron chi connectivity index (χ3n) is 3.02. The van der Waals surface area contributed by atoms with Gasteiger partial charge in [0.25, 0.3) is 0 Å². The molecule has 2 aromatic rings. The summed E-state index contributed by atoms with van der Waals surface area (Å²) in [6.45, 7) is 4.20. The Morgan fingerprint density at radius 3 is 2.42 bits per heavy atom. The Bertz CT molecular complexity index is 583. The Hall–Kier alpha value is -1.48. The van der Waals surface area contributed by atoms with Crippen molar-refractivity contribution in [2.24, 2.45) is 11.8 Å². The zero-order chi connectivity index (χ0) is 13.8. The van der Waals surface area contributed by atoms with E-state index >= 15 is 0 Å². The number of hydrogen-bond acceptors (Lipinski definition) is 3. The van der Waals surface area contributed by atoms with Crippen molar-refractivity contribution in [3.05, 3.63) is 35.1 Å². The number of carbonyl (C=O) groups excluding carboxylic acids is 1. The molecule has 0 bridgehead atoms. The Morgan fingerprint density at radius 1 is 1.21 bits per heavy atom. The number of para-hydroxylation sites is 2. The number of aldehydes is 1. The number of halogens is 1. The van der Waals surface area contributed by atoms with Crippen molar-refractivity contribution in [2.75, 3.05) is 0 Å². The SMILES string of the molecule is CC(C)CC(C=O)Cc1nc2ccccc2nc1Cl. The highest BCUT2D eigenvalue weighted by atomic mass is 35.5. The average molecular weight is 277 g/mol. The van der Waals surface area contributed by atoms with Crippen LogP contribution in [0.1, 0.15) is 26.0 Å². The molecule has 4 heteroatoms. The Labute approximate surface area is 118 Å². The van der Waals surface area contributed by atoms with E-state index < -0.39 is 0 Å². The van der Waals surface area contributed by atoms with Gasteiger partial charge < -0.3 is 4.79 Å². The molecule has 0 aliphatic heterocycles. The fourth-order valence-corrected chi connectivity index (χ4v) is 2.40. The molecule has 1 unspecified atom stereocenters. The van der Waals surface area contributed by atoms with Crippen molar-refractivity contribution in [1.82, 2.24) is 9.97 Å². The highest BCUT2D eigenvalue weighted by Crippen LogP contribution is 2.21. The first-order valence-electron chi connectivity index (χ1n) is 6.46. The monoisotopic (exact) mass is 276 g/mol. The highest BCUT2D eigenvalue weighted by molar-refractivity contribution is 6.30. The summed E-state index contributed by atoms with van der Waals surface area (Å²) in [5.41, 5.74) is 2.30. The average Bonchev–Trinajstić information content (AvgIpc) is 2.38. The maximum absolute atomic E-state index is 11.1. The molecule has 19 heavy (non-hydrogen) atoms. The van der Waals surface area contributed by atoms with E-state index in [4.69, 9.17) is 11.6 Å². The van der Waals surface area contributed by atoms with Crippen LogP contribution < -0.4 is 0 Å². The van der Waals surface area contributed by atoms with Gasteiger partial charge in [-0.2, -0.15) is 0 Å². The molecule has 1 aromatic heterocycles. The molecule has 2 rings (SSSR count). The van der Waals surface area contributed by atoms with Gasteiger partial charge in [0.1, 0.15) is 6.29 Å². The summed E-state index contributed by atoms with van der Waals surface area (Å²) in [5.74, 6) is 0.426. The number of nitrogens with zero attached hydrogens (tertiary/aromatic N) is 2. The van der Waals surface area contributed by atoms with Gasteiger partial charge in [-0.15, -0.1) is 0 Å². The number of benzene rings is 1. The second-order valence-corrected chi connectivity index (χ2v) is 5.54. The number of aromatic nitrogens is 2. The van der Waals surface area contributed by atoms with Gasteiger partial charge in [0.2, 0.25) is 0 Å². The van der Waals surface area contributed by atoms with Crippen LogP contribution >= 0.6 is 11.6 Å². The first-order valence-corrected chi connectivity index (χ1v) is 6.84. The molecule has 0 spiro atoms. The van der Waals surface area contributed by atoms with Crippen LogP contribution in [0.4, 0.5) is 0 Å². The number of carbonyl (C=O) groups is 1. The number of hydrogen-bond donors (Lipinski definition) is 0. The van der Waals surface area contributed by atoms with Crippen LogP contribution in [-0.2, 0) is 11.2 Å². The van der Waals surface area contributed by atoms with E-state index in [9.17, 15) is 4.79 Å². The lowest BCUT2D eigenvalue weighted by Crippen LogP contribution is -2.11. The van der Waals surface area contributed by atoms with Gasteiger partial charge >= 0.3 is 0 Å². The normalized spacial score (nSPS) is 12.8. The van der Waals surface area contributed by atoms with Crippen LogP contribution in [-0.4, -0.2) is 16.3 Å². The summed E-state index contributed by atoms with van der Waals surface area (Å²) in [6.07, 6.45) is 2.39. The summed E-state index contributed by atoms with van der Waals surface area (Å²) in [7, 11) is 0. The van der Waals surface area contributed by atoms with E-state index in [0.717, 1.165) is 23.7 Å². The first-order chi connectivity index (χ1) is 9.10. The van der Waals surface area contributed by atoms with Gasteiger partial charge in [-0.05, 0) is 24.5 Å². The van der Waals surface area contributed by atoms with Gasteiger partial charge in [0.05, 0.1) is 16.7 Å². The van der Waals surface area contributed by atoms with E-state index in [1.165, 1.54) is 0 Å². The molecule has 1 aromatic carbocycles. The summed E-state index contributed by atoms with van der Waals surface area (Å²) in [6, 6.07) is 7.60. The minimum atomic E-state index is -0.0482. The van der Waals surface area contributed by atoms with Crippen LogP contribution in [0.2, 0.25) is 5.15 Å². The fraction of sp³-hybridized carbons (Fsp3) is 0.400. The van der Waals surface area contributed by atoms with Crippen molar-refractivity contribution in [2.45, 2.75) is 26.7 Å². The van der Waals surface area contributed by atoms with Gasteiger partial charge in [0.15, 0.2) is 5.15 Å². The molecule has 0 aliphatic rings. The van der Waals surface area contributed by atoms with Crippen molar-refractivity contribution >= 4 is 28.9 Å². The van der Waals surface area contributed by atoms with E-state index in [1.54, 1.807) is 0 Å².